The Labute approximate surface area is 120 Å². The first-order chi connectivity index (χ1) is 9.88. The number of aryl methyl sites for hydroxylation is 1. The van der Waals surface area contributed by atoms with Gasteiger partial charge in [-0.3, -0.25) is 4.98 Å². The number of hydrogen-bond acceptors (Lipinski definition) is 2. The molecular formula is C18H20N2. The summed E-state index contributed by atoms with van der Waals surface area (Å²) in [6, 6.07) is 13.2. The van der Waals surface area contributed by atoms with Crippen molar-refractivity contribution in [3.05, 3.63) is 65.5 Å². The minimum atomic E-state index is 0.512. The molecule has 1 fully saturated rings. The van der Waals surface area contributed by atoms with Gasteiger partial charge in [-0.2, -0.15) is 0 Å². The second-order valence-electron chi connectivity index (χ2n) is 6.21. The molecule has 2 aliphatic rings. The molecule has 0 saturated heterocycles. The fourth-order valence-electron chi connectivity index (χ4n) is 3.89. The van der Waals surface area contributed by atoms with Crippen molar-refractivity contribution < 1.29 is 0 Å². The van der Waals surface area contributed by atoms with Crippen molar-refractivity contribution in [2.24, 2.45) is 5.92 Å². The van der Waals surface area contributed by atoms with E-state index in [1.54, 1.807) is 11.1 Å². The van der Waals surface area contributed by atoms with Crippen molar-refractivity contribution in [1.82, 2.24) is 10.3 Å². The molecule has 0 bridgehead atoms. The molecule has 0 unspecified atom stereocenters. The second kappa shape index (κ2) is 4.71. The van der Waals surface area contributed by atoms with Crippen molar-refractivity contribution >= 4 is 0 Å². The maximum absolute atomic E-state index is 4.16. The molecule has 2 heteroatoms. The van der Waals surface area contributed by atoms with Crippen LogP contribution in [0, 0.1) is 5.92 Å². The van der Waals surface area contributed by atoms with E-state index in [9.17, 15) is 0 Å². The molecule has 0 aliphatic heterocycles. The van der Waals surface area contributed by atoms with Gasteiger partial charge < -0.3 is 5.32 Å². The lowest BCUT2D eigenvalue weighted by atomic mass is 9.95. The summed E-state index contributed by atoms with van der Waals surface area (Å²) in [6.45, 7) is 2.06. The zero-order chi connectivity index (χ0) is 13.4. The average Bonchev–Trinajstić information content (AvgIpc) is 3.08. The third-order valence-corrected chi connectivity index (χ3v) is 5.07. The van der Waals surface area contributed by atoms with Crippen molar-refractivity contribution in [3.63, 3.8) is 0 Å². The Morgan fingerprint density at radius 3 is 3.05 bits per heavy atom. The Kier molecular flexibility index (Phi) is 2.85. The van der Waals surface area contributed by atoms with Crippen LogP contribution >= 0.6 is 0 Å². The van der Waals surface area contributed by atoms with Crippen LogP contribution in [0.4, 0.5) is 0 Å². The van der Waals surface area contributed by atoms with Gasteiger partial charge in [0.2, 0.25) is 0 Å². The maximum atomic E-state index is 4.16. The number of pyridine rings is 1. The predicted octanol–water partition coefficient (Wildman–Crippen LogP) is 3.08. The molecule has 1 saturated carbocycles. The lowest BCUT2D eigenvalue weighted by Crippen LogP contribution is -2.20. The van der Waals surface area contributed by atoms with Gasteiger partial charge in [-0.25, -0.2) is 0 Å². The topological polar surface area (TPSA) is 24.9 Å². The number of nitrogens with one attached hydrogen (secondary N) is 1. The van der Waals surface area contributed by atoms with E-state index in [0.717, 1.165) is 19.0 Å². The Balaban J connectivity index is 1.37. The number of hydrogen-bond donors (Lipinski definition) is 1. The van der Waals surface area contributed by atoms with Crippen molar-refractivity contribution in [2.45, 2.75) is 31.2 Å². The first-order valence-corrected chi connectivity index (χ1v) is 7.56. The molecule has 20 heavy (non-hydrogen) atoms. The molecule has 0 radical (unpaired) electrons. The van der Waals surface area contributed by atoms with Gasteiger partial charge in [-0.15, -0.1) is 0 Å². The lowest BCUT2D eigenvalue weighted by Gasteiger charge is -2.12. The fourth-order valence-corrected chi connectivity index (χ4v) is 3.89. The summed E-state index contributed by atoms with van der Waals surface area (Å²) in [5.41, 5.74) is 5.00. The van der Waals surface area contributed by atoms with Crippen LogP contribution in [0.25, 0.3) is 0 Å². The van der Waals surface area contributed by atoms with E-state index in [2.05, 4.69) is 40.6 Å². The highest BCUT2D eigenvalue weighted by Crippen LogP contribution is 2.61. The van der Waals surface area contributed by atoms with Gasteiger partial charge in [-0.1, -0.05) is 30.3 Å². The van der Waals surface area contributed by atoms with Gasteiger partial charge in [0.05, 0.1) is 0 Å². The molecule has 2 atom stereocenters. The quantitative estimate of drug-likeness (QED) is 0.918. The van der Waals surface area contributed by atoms with Crippen LogP contribution in [-0.2, 0) is 18.4 Å². The van der Waals surface area contributed by atoms with E-state index >= 15 is 0 Å². The first-order valence-electron chi connectivity index (χ1n) is 7.56. The Morgan fingerprint density at radius 1 is 1.20 bits per heavy atom. The summed E-state index contributed by atoms with van der Waals surface area (Å²) in [6.07, 6.45) is 7.76. The zero-order valence-electron chi connectivity index (χ0n) is 11.7. The molecule has 1 N–H and O–H groups in total. The monoisotopic (exact) mass is 264 g/mol. The largest absolute Gasteiger partial charge is 0.312 e. The smallest absolute Gasteiger partial charge is 0.0312 e. The van der Waals surface area contributed by atoms with Gasteiger partial charge in [0.1, 0.15) is 0 Å². The SMILES string of the molecule is c1cncc(CNC[C@H]2C[C@]23CCc2ccccc23)c1. The van der Waals surface area contributed by atoms with Crippen molar-refractivity contribution in [1.29, 1.82) is 0 Å². The summed E-state index contributed by atoms with van der Waals surface area (Å²) in [5.74, 6) is 0.822. The standard InChI is InChI=1S/C18H20N2/c1-2-6-17-15(5-1)7-8-18(17)10-16(18)13-20-12-14-4-3-9-19-11-14/h1-6,9,11,16,20H,7-8,10,12-13H2/t16-,18-/m1/s1. The Bertz CT molecular complexity index is 608. The first kappa shape index (κ1) is 12.1. The third-order valence-electron chi connectivity index (χ3n) is 5.07. The normalized spacial score (nSPS) is 26.7. The highest BCUT2D eigenvalue weighted by molar-refractivity contribution is 5.45. The maximum Gasteiger partial charge on any atom is 0.0312 e. The average molecular weight is 264 g/mol. The van der Waals surface area contributed by atoms with Crippen LogP contribution in [0.15, 0.2) is 48.8 Å². The molecule has 1 aromatic heterocycles. The molecule has 102 valence electrons. The molecular weight excluding hydrogens is 244 g/mol. The fraction of sp³-hybridized carbons (Fsp3) is 0.389. The van der Waals surface area contributed by atoms with Crippen LogP contribution < -0.4 is 5.32 Å². The number of benzene rings is 1. The van der Waals surface area contributed by atoms with E-state index in [4.69, 9.17) is 0 Å². The van der Waals surface area contributed by atoms with E-state index in [0.29, 0.717) is 5.41 Å². The van der Waals surface area contributed by atoms with Gasteiger partial charge in [0.15, 0.2) is 0 Å². The molecule has 2 aliphatic carbocycles. The van der Waals surface area contributed by atoms with Crippen LogP contribution in [0.1, 0.15) is 29.5 Å². The Hall–Kier alpha value is -1.67. The van der Waals surface area contributed by atoms with Crippen molar-refractivity contribution in [2.75, 3.05) is 6.54 Å². The van der Waals surface area contributed by atoms with E-state index in [-0.39, 0.29) is 0 Å². The van der Waals surface area contributed by atoms with Gasteiger partial charge in [0, 0.05) is 24.4 Å². The molecule has 2 aromatic rings. The van der Waals surface area contributed by atoms with Gasteiger partial charge in [-0.05, 0) is 54.5 Å². The lowest BCUT2D eigenvalue weighted by molar-refractivity contribution is 0.547. The summed E-state index contributed by atoms with van der Waals surface area (Å²) < 4.78 is 0. The molecule has 1 heterocycles. The summed E-state index contributed by atoms with van der Waals surface area (Å²) >= 11 is 0. The summed E-state index contributed by atoms with van der Waals surface area (Å²) in [5, 5.41) is 3.61. The van der Waals surface area contributed by atoms with Crippen LogP contribution in [-0.4, -0.2) is 11.5 Å². The minimum absolute atomic E-state index is 0.512. The van der Waals surface area contributed by atoms with E-state index in [1.165, 1.54) is 24.8 Å². The highest BCUT2D eigenvalue weighted by Gasteiger charge is 2.57. The molecule has 0 amide bonds. The Morgan fingerprint density at radius 2 is 2.15 bits per heavy atom. The zero-order valence-corrected chi connectivity index (χ0v) is 11.7. The number of nitrogens with zero attached hydrogens (tertiary/aromatic N) is 1. The summed E-state index contributed by atoms with van der Waals surface area (Å²) in [4.78, 5) is 4.16. The van der Waals surface area contributed by atoms with E-state index in [1.807, 2.05) is 18.5 Å². The van der Waals surface area contributed by atoms with Crippen LogP contribution in [0.3, 0.4) is 0 Å². The predicted molar refractivity (Wildman–Crippen MR) is 80.5 cm³/mol. The third kappa shape index (κ3) is 1.95. The second-order valence-corrected chi connectivity index (χ2v) is 6.21. The number of fused-ring (bicyclic) bond motifs is 2. The molecule has 1 spiro atoms. The summed E-state index contributed by atoms with van der Waals surface area (Å²) in [7, 11) is 0. The highest BCUT2D eigenvalue weighted by atomic mass is 14.9. The number of rotatable bonds is 4. The molecule has 2 nitrogen and oxygen atoms in total. The minimum Gasteiger partial charge on any atom is -0.312 e. The molecule has 4 rings (SSSR count). The van der Waals surface area contributed by atoms with E-state index < -0.39 is 0 Å². The number of aromatic nitrogens is 1. The van der Waals surface area contributed by atoms with Gasteiger partial charge in [0.25, 0.3) is 0 Å². The molecule has 1 aromatic carbocycles. The van der Waals surface area contributed by atoms with Crippen LogP contribution in [0.2, 0.25) is 0 Å². The van der Waals surface area contributed by atoms with Gasteiger partial charge >= 0.3 is 0 Å². The van der Waals surface area contributed by atoms with Crippen molar-refractivity contribution in [3.8, 4) is 0 Å². The van der Waals surface area contributed by atoms with Crippen LogP contribution in [0.5, 0.6) is 0 Å².